The van der Waals surface area contributed by atoms with Gasteiger partial charge in [-0.25, -0.2) is 0 Å². The summed E-state index contributed by atoms with van der Waals surface area (Å²) >= 11 is 0. The van der Waals surface area contributed by atoms with E-state index >= 15 is 0 Å². The normalized spacial score (nSPS) is 12.5. The van der Waals surface area contributed by atoms with E-state index in [9.17, 15) is 0 Å². The lowest BCUT2D eigenvalue weighted by Crippen LogP contribution is -2.25. The standard InChI is InChI=1S/C34H69N.C18H38.CH4/c1-7-11-18-27-34(25-12-8-2)29-23-28-33(9-3)26-20-14-13-16-21-30-35(10-4)31-22-17-15-19-24-32(5)6;1-4-6-8-10-12-14-16-18(3)17-15-13-11-9-7-5-2;/h33-34H,5,7-31H2,1-4,6H3;18H,4-17H2,1-3H3;1H4. The third-order valence-electron chi connectivity index (χ3n) is 12.4. The van der Waals surface area contributed by atoms with Crippen LogP contribution in [0.2, 0.25) is 0 Å². The summed E-state index contributed by atoms with van der Waals surface area (Å²) in [5, 5.41) is 0. The summed E-state index contributed by atoms with van der Waals surface area (Å²) in [5.74, 6) is 2.98. The zero-order chi connectivity index (χ0) is 39.5. The van der Waals surface area contributed by atoms with Crippen molar-refractivity contribution in [2.45, 2.75) is 294 Å². The molecule has 0 aromatic heterocycles. The molecule has 2 atom stereocenters. The van der Waals surface area contributed by atoms with Gasteiger partial charge in [0.05, 0.1) is 0 Å². The minimum Gasteiger partial charge on any atom is -0.304 e. The Kier molecular flexibility index (Phi) is 52.5. The fourth-order valence-corrected chi connectivity index (χ4v) is 8.39. The summed E-state index contributed by atoms with van der Waals surface area (Å²) in [6.07, 6.45) is 51.6. The van der Waals surface area contributed by atoms with Gasteiger partial charge in [-0.1, -0.05) is 267 Å². The molecule has 0 aromatic carbocycles. The van der Waals surface area contributed by atoms with Gasteiger partial charge in [-0.2, -0.15) is 0 Å². The van der Waals surface area contributed by atoms with E-state index < -0.39 is 0 Å². The second-order valence-corrected chi connectivity index (χ2v) is 18.0. The molecule has 0 saturated heterocycles. The van der Waals surface area contributed by atoms with Gasteiger partial charge in [0.15, 0.2) is 0 Å². The van der Waals surface area contributed by atoms with Gasteiger partial charge < -0.3 is 4.90 Å². The van der Waals surface area contributed by atoms with Crippen molar-refractivity contribution in [1.29, 1.82) is 0 Å². The second-order valence-electron chi connectivity index (χ2n) is 18.0. The molecule has 2 unspecified atom stereocenters. The Hall–Kier alpha value is -0.300. The van der Waals surface area contributed by atoms with Crippen molar-refractivity contribution in [3.63, 3.8) is 0 Å². The van der Waals surface area contributed by atoms with Crippen LogP contribution in [0.3, 0.4) is 0 Å². The molecule has 1 nitrogen and oxygen atoms in total. The van der Waals surface area contributed by atoms with Crippen LogP contribution in [0.15, 0.2) is 12.2 Å². The second kappa shape index (κ2) is 48.8. The molecular formula is C53H111N. The molecule has 0 aliphatic heterocycles. The number of allylic oxidation sites excluding steroid dienone is 1. The lowest BCUT2D eigenvalue weighted by molar-refractivity contribution is 0.273. The first kappa shape index (κ1) is 58.0. The van der Waals surface area contributed by atoms with Gasteiger partial charge in [0.25, 0.3) is 0 Å². The molecular weight excluding hydrogens is 651 g/mol. The largest absolute Gasteiger partial charge is 0.304 e. The number of rotatable bonds is 42. The van der Waals surface area contributed by atoms with Gasteiger partial charge in [-0.3, -0.25) is 0 Å². The Labute approximate surface area is 347 Å². The zero-order valence-electron chi connectivity index (χ0n) is 39.0. The molecule has 0 heterocycles. The molecule has 0 N–H and O–H groups in total. The maximum atomic E-state index is 4.02. The zero-order valence-corrected chi connectivity index (χ0v) is 39.0. The molecule has 0 bridgehead atoms. The lowest BCUT2D eigenvalue weighted by Gasteiger charge is -2.20. The Bertz CT molecular complexity index is 652. The molecule has 0 rings (SSSR count). The van der Waals surface area contributed by atoms with Crippen molar-refractivity contribution >= 4 is 0 Å². The van der Waals surface area contributed by atoms with Crippen LogP contribution in [-0.2, 0) is 0 Å². The summed E-state index contributed by atoms with van der Waals surface area (Å²) in [7, 11) is 0. The number of hydrogen-bond donors (Lipinski definition) is 0. The summed E-state index contributed by atoms with van der Waals surface area (Å²) in [6, 6.07) is 0. The first-order chi connectivity index (χ1) is 25.9. The molecule has 0 aliphatic rings. The van der Waals surface area contributed by atoms with Crippen LogP contribution in [0.25, 0.3) is 0 Å². The first-order valence-electron chi connectivity index (χ1n) is 25.2. The molecule has 0 aromatic rings. The van der Waals surface area contributed by atoms with E-state index in [0.717, 1.165) is 17.8 Å². The summed E-state index contributed by atoms with van der Waals surface area (Å²) in [4.78, 5) is 2.68. The lowest BCUT2D eigenvalue weighted by atomic mass is 9.87. The van der Waals surface area contributed by atoms with Crippen molar-refractivity contribution in [1.82, 2.24) is 4.90 Å². The maximum Gasteiger partial charge on any atom is -0.00189 e. The average Bonchev–Trinajstić information content (AvgIpc) is 3.15. The average molecular weight is 762 g/mol. The smallest absolute Gasteiger partial charge is 0.00189 e. The van der Waals surface area contributed by atoms with Crippen molar-refractivity contribution in [2.24, 2.45) is 17.8 Å². The predicted molar refractivity (Wildman–Crippen MR) is 254 cm³/mol. The van der Waals surface area contributed by atoms with Gasteiger partial charge in [0.1, 0.15) is 0 Å². The van der Waals surface area contributed by atoms with Crippen LogP contribution in [0.5, 0.6) is 0 Å². The summed E-state index contributed by atoms with van der Waals surface area (Å²) in [5.41, 5.74) is 1.34. The Balaban J connectivity index is -0.00000115. The van der Waals surface area contributed by atoms with Crippen LogP contribution in [-0.4, -0.2) is 24.5 Å². The molecule has 0 spiro atoms. The third-order valence-corrected chi connectivity index (χ3v) is 12.4. The number of unbranched alkanes of at least 4 members (excludes halogenated alkanes) is 20. The van der Waals surface area contributed by atoms with Crippen LogP contribution in [0.4, 0.5) is 0 Å². The SMILES string of the molecule is C.C=C(C)CCCCCCN(CC)CCCCCCCC(CC)CCCC(CCCC)CCCCC.CCCCCCCCC(C)CCCCCCCC. The highest BCUT2D eigenvalue weighted by molar-refractivity contribution is 4.87. The Morgan fingerprint density at radius 1 is 0.407 bits per heavy atom. The van der Waals surface area contributed by atoms with E-state index in [4.69, 9.17) is 0 Å². The predicted octanol–water partition coefficient (Wildman–Crippen LogP) is 19.5. The van der Waals surface area contributed by atoms with Crippen molar-refractivity contribution in [3.8, 4) is 0 Å². The minimum absolute atomic E-state index is 0. The van der Waals surface area contributed by atoms with Crippen molar-refractivity contribution in [2.75, 3.05) is 19.6 Å². The van der Waals surface area contributed by atoms with E-state index in [2.05, 4.69) is 66.9 Å². The molecule has 0 aliphatic carbocycles. The molecule has 328 valence electrons. The quantitative estimate of drug-likeness (QED) is 0.0442. The molecule has 0 saturated carbocycles. The summed E-state index contributed by atoms with van der Waals surface area (Å²) < 4.78 is 0. The highest BCUT2D eigenvalue weighted by Crippen LogP contribution is 2.27. The molecule has 0 amide bonds. The number of hydrogen-bond acceptors (Lipinski definition) is 1. The third kappa shape index (κ3) is 46.1. The Morgan fingerprint density at radius 3 is 1.24 bits per heavy atom. The van der Waals surface area contributed by atoms with Gasteiger partial charge in [-0.05, 0) is 70.0 Å². The van der Waals surface area contributed by atoms with Crippen molar-refractivity contribution < 1.29 is 0 Å². The fourth-order valence-electron chi connectivity index (χ4n) is 8.39. The topological polar surface area (TPSA) is 3.24 Å². The van der Waals surface area contributed by atoms with Gasteiger partial charge in [-0.15, -0.1) is 6.58 Å². The van der Waals surface area contributed by atoms with Crippen LogP contribution in [0, 0.1) is 17.8 Å². The highest BCUT2D eigenvalue weighted by atomic mass is 15.1. The highest BCUT2D eigenvalue weighted by Gasteiger charge is 2.11. The minimum atomic E-state index is 0. The van der Waals surface area contributed by atoms with E-state index in [-0.39, 0.29) is 7.43 Å². The van der Waals surface area contributed by atoms with Crippen LogP contribution in [0.1, 0.15) is 294 Å². The van der Waals surface area contributed by atoms with Gasteiger partial charge in [0, 0.05) is 0 Å². The molecule has 1 heteroatoms. The van der Waals surface area contributed by atoms with Crippen LogP contribution < -0.4 is 0 Å². The van der Waals surface area contributed by atoms with E-state index in [1.807, 2.05) is 0 Å². The van der Waals surface area contributed by atoms with Crippen molar-refractivity contribution in [3.05, 3.63) is 12.2 Å². The van der Waals surface area contributed by atoms with Gasteiger partial charge >= 0.3 is 0 Å². The van der Waals surface area contributed by atoms with E-state index in [1.165, 1.54) is 256 Å². The number of nitrogens with zero attached hydrogens (tertiary/aromatic N) is 1. The first-order valence-corrected chi connectivity index (χ1v) is 25.2. The fraction of sp³-hybridized carbons (Fsp3) is 0.962. The maximum absolute atomic E-state index is 4.02. The Morgan fingerprint density at radius 2 is 0.759 bits per heavy atom. The molecule has 54 heavy (non-hydrogen) atoms. The monoisotopic (exact) mass is 762 g/mol. The van der Waals surface area contributed by atoms with E-state index in [1.54, 1.807) is 0 Å². The molecule has 0 fully saturated rings. The van der Waals surface area contributed by atoms with Crippen LogP contribution >= 0.6 is 0 Å². The summed E-state index contributed by atoms with van der Waals surface area (Å²) in [6.45, 7) is 26.5. The van der Waals surface area contributed by atoms with Gasteiger partial charge in [0.2, 0.25) is 0 Å². The molecule has 0 radical (unpaired) electrons. The van der Waals surface area contributed by atoms with E-state index in [0.29, 0.717) is 0 Å².